The largest absolute Gasteiger partial charge is 0.507 e. The highest BCUT2D eigenvalue weighted by Crippen LogP contribution is 2.19. The number of hydrogen-bond acceptors (Lipinski definition) is 4. The molecule has 1 aromatic rings. The van der Waals surface area contributed by atoms with E-state index in [0.717, 1.165) is 5.56 Å². The average Bonchev–Trinajstić information content (AvgIpc) is 2.16. The van der Waals surface area contributed by atoms with Gasteiger partial charge >= 0.3 is 5.97 Å². The second-order valence-electron chi connectivity index (χ2n) is 2.55. The second-order valence-corrected chi connectivity index (χ2v) is 2.55. The molecule has 4 nitrogen and oxygen atoms in total. The number of aromatic hydroxyl groups is 1. The lowest BCUT2D eigenvalue weighted by Crippen LogP contribution is -2.03. The van der Waals surface area contributed by atoms with Crippen molar-refractivity contribution in [3.63, 3.8) is 0 Å². The van der Waals surface area contributed by atoms with Crippen LogP contribution in [0.15, 0.2) is 18.2 Å². The van der Waals surface area contributed by atoms with Crippen LogP contribution in [0.5, 0.6) is 5.75 Å². The lowest BCUT2D eigenvalue weighted by atomic mass is 10.1. The Hall–Kier alpha value is -1.55. The van der Waals surface area contributed by atoms with Gasteiger partial charge in [0, 0.05) is 6.54 Å². The van der Waals surface area contributed by atoms with Crippen molar-refractivity contribution in [2.75, 3.05) is 7.11 Å². The molecule has 0 aliphatic heterocycles. The zero-order valence-electron chi connectivity index (χ0n) is 7.28. The molecule has 0 spiro atoms. The van der Waals surface area contributed by atoms with E-state index in [1.54, 1.807) is 6.07 Å². The molecule has 0 saturated carbocycles. The molecule has 0 heterocycles. The van der Waals surface area contributed by atoms with Crippen LogP contribution in [0.25, 0.3) is 0 Å². The maximum absolute atomic E-state index is 11.0. The van der Waals surface area contributed by atoms with Crippen LogP contribution in [0.2, 0.25) is 0 Å². The van der Waals surface area contributed by atoms with Gasteiger partial charge in [0.2, 0.25) is 0 Å². The van der Waals surface area contributed by atoms with Gasteiger partial charge in [0.05, 0.1) is 7.11 Å². The number of nitrogens with two attached hydrogens (primary N) is 1. The van der Waals surface area contributed by atoms with Crippen LogP contribution in [-0.2, 0) is 11.3 Å². The molecule has 13 heavy (non-hydrogen) atoms. The predicted octanol–water partition coefficient (Wildman–Crippen LogP) is 0.637. The maximum Gasteiger partial charge on any atom is 0.341 e. The van der Waals surface area contributed by atoms with Crippen molar-refractivity contribution in [3.05, 3.63) is 29.3 Å². The van der Waals surface area contributed by atoms with Gasteiger partial charge in [-0.3, -0.25) is 0 Å². The Morgan fingerprint density at radius 3 is 2.77 bits per heavy atom. The summed E-state index contributed by atoms with van der Waals surface area (Å²) in [6, 6.07) is 4.61. The fourth-order valence-electron chi connectivity index (χ4n) is 0.987. The number of carbonyl (C=O) groups excluding carboxylic acids is 1. The van der Waals surface area contributed by atoms with Gasteiger partial charge in [0.25, 0.3) is 0 Å². The predicted molar refractivity (Wildman–Crippen MR) is 47.3 cm³/mol. The maximum atomic E-state index is 11.0. The molecule has 1 rings (SSSR count). The highest BCUT2D eigenvalue weighted by molar-refractivity contribution is 5.92. The molecule has 4 heteroatoms. The molecule has 0 aliphatic rings. The van der Waals surface area contributed by atoms with Gasteiger partial charge in [-0.2, -0.15) is 0 Å². The van der Waals surface area contributed by atoms with Crippen LogP contribution in [0.1, 0.15) is 15.9 Å². The van der Waals surface area contributed by atoms with Gasteiger partial charge in [-0.15, -0.1) is 0 Å². The van der Waals surface area contributed by atoms with Gasteiger partial charge < -0.3 is 15.6 Å². The Labute approximate surface area is 75.9 Å². The molecular formula is C9H11NO3. The van der Waals surface area contributed by atoms with Crippen molar-refractivity contribution in [1.82, 2.24) is 0 Å². The number of benzene rings is 1. The molecule has 3 N–H and O–H groups in total. The van der Waals surface area contributed by atoms with E-state index in [1.165, 1.54) is 19.2 Å². The number of esters is 1. The van der Waals surface area contributed by atoms with Crippen LogP contribution >= 0.6 is 0 Å². The average molecular weight is 181 g/mol. The Morgan fingerprint density at radius 2 is 2.31 bits per heavy atom. The Balaban J connectivity index is 3.05. The summed E-state index contributed by atoms with van der Waals surface area (Å²) in [5.41, 5.74) is 6.27. The van der Waals surface area contributed by atoms with Crippen molar-refractivity contribution < 1.29 is 14.6 Å². The van der Waals surface area contributed by atoms with Crippen LogP contribution in [0.3, 0.4) is 0 Å². The van der Waals surface area contributed by atoms with E-state index in [9.17, 15) is 9.90 Å². The normalized spacial score (nSPS) is 9.69. The first kappa shape index (κ1) is 9.54. The van der Waals surface area contributed by atoms with E-state index in [4.69, 9.17) is 5.73 Å². The number of ether oxygens (including phenoxy) is 1. The highest BCUT2D eigenvalue weighted by Gasteiger charge is 2.10. The van der Waals surface area contributed by atoms with E-state index >= 15 is 0 Å². The van der Waals surface area contributed by atoms with Gasteiger partial charge in [0.15, 0.2) is 0 Å². The summed E-state index contributed by atoms with van der Waals surface area (Å²) >= 11 is 0. The van der Waals surface area contributed by atoms with Crippen molar-refractivity contribution >= 4 is 5.97 Å². The third-order valence-electron chi connectivity index (χ3n) is 1.70. The minimum Gasteiger partial charge on any atom is -0.507 e. The van der Waals surface area contributed by atoms with E-state index < -0.39 is 5.97 Å². The molecule has 0 aliphatic carbocycles. The molecule has 0 saturated heterocycles. The summed E-state index contributed by atoms with van der Waals surface area (Å²) in [6.07, 6.45) is 0. The first-order chi connectivity index (χ1) is 6.19. The molecule has 1 aromatic carbocycles. The van der Waals surface area contributed by atoms with Crippen molar-refractivity contribution in [3.8, 4) is 5.75 Å². The molecule has 0 atom stereocenters. The van der Waals surface area contributed by atoms with E-state index in [1.807, 2.05) is 0 Å². The van der Waals surface area contributed by atoms with Gasteiger partial charge in [-0.25, -0.2) is 4.79 Å². The van der Waals surface area contributed by atoms with E-state index in [0.29, 0.717) is 6.54 Å². The molecule has 0 aromatic heterocycles. The van der Waals surface area contributed by atoms with E-state index in [-0.39, 0.29) is 11.3 Å². The second kappa shape index (κ2) is 3.91. The third kappa shape index (κ3) is 1.97. The first-order valence-corrected chi connectivity index (χ1v) is 3.79. The summed E-state index contributed by atoms with van der Waals surface area (Å²) < 4.78 is 4.46. The molecule has 0 bridgehead atoms. The van der Waals surface area contributed by atoms with Crippen LogP contribution < -0.4 is 5.73 Å². The molecule has 0 amide bonds. The smallest absolute Gasteiger partial charge is 0.341 e. The Bertz CT molecular complexity index is 323. The summed E-state index contributed by atoms with van der Waals surface area (Å²) in [6.45, 7) is 0.328. The molecule has 0 unspecified atom stereocenters. The molecular weight excluding hydrogens is 170 g/mol. The Kier molecular flexibility index (Phi) is 2.87. The van der Waals surface area contributed by atoms with Gasteiger partial charge in [0.1, 0.15) is 11.3 Å². The number of phenols is 1. The lowest BCUT2D eigenvalue weighted by molar-refractivity contribution is 0.0597. The van der Waals surface area contributed by atoms with Gasteiger partial charge in [-0.1, -0.05) is 6.07 Å². The van der Waals surface area contributed by atoms with Crippen molar-refractivity contribution in [1.29, 1.82) is 0 Å². The minimum absolute atomic E-state index is 0.102. The number of methoxy groups -OCH3 is 1. The quantitative estimate of drug-likeness (QED) is 0.656. The van der Waals surface area contributed by atoms with Crippen molar-refractivity contribution in [2.45, 2.75) is 6.54 Å². The summed E-state index contributed by atoms with van der Waals surface area (Å²) in [4.78, 5) is 11.0. The van der Waals surface area contributed by atoms with E-state index in [2.05, 4.69) is 4.74 Å². The zero-order chi connectivity index (χ0) is 9.84. The zero-order valence-corrected chi connectivity index (χ0v) is 7.28. The summed E-state index contributed by atoms with van der Waals surface area (Å²) in [7, 11) is 1.26. The summed E-state index contributed by atoms with van der Waals surface area (Å²) in [5.74, 6) is -0.657. The third-order valence-corrected chi connectivity index (χ3v) is 1.70. The first-order valence-electron chi connectivity index (χ1n) is 3.79. The number of hydrogen-bond donors (Lipinski definition) is 2. The van der Waals surface area contributed by atoms with Crippen molar-refractivity contribution in [2.24, 2.45) is 5.73 Å². The monoisotopic (exact) mass is 181 g/mol. The Morgan fingerprint density at radius 1 is 1.62 bits per heavy atom. The topological polar surface area (TPSA) is 72.5 Å². The van der Waals surface area contributed by atoms with Gasteiger partial charge in [-0.05, 0) is 17.7 Å². The summed E-state index contributed by atoms with van der Waals surface area (Å²) in [5, 5.41) is 9.37. The number of phenolic OH excluding ortho intramolecular Hbond substituents is 1. The van der Waals surface area contributed by atoms with Crippen LogP contribution in [0.4, 0.5) is 0 Å². The lowest BCUT2D eigenvalue weighted by Gasteiger charge is -2.03. The molecule has 0 fully saturated rings. The fourth-order valence-corrected chi connectivity index (χ4v) is 0.987. The standard InChI is InChI=1S/C9H11NO3/c1-13-9(12)7-3-2-6(5-10)4-8(7)11/h2-4,11H,5,10H2,1H3. The highest BCUT2D eigenvalue weighted by atomic mass is 16.5. The van der Waals surface area contributed by atoms with Crippen LogP contribution in [-0.4, -0.2) is 18.2 Å². The van der Waals surface area contributed by atoms with Crippen LogP contribution in [0, 0.1) is 0 Å². The fraction of sp³-hybridized carbons (Fsp3) is 0.222. The SMILES string of the molecule is COC(=O)c1ccc(CN)cc1O. The minimum atomic E-state index is -0.555. The number of rotatable bonds is 2. The number of carbonyl (C=O) groups is 1. The molecule has 70 valence electrons. The molecule has 0 radical (unpaired) electrons.